The zero-order valence-corrected chi connectivity index (χ0v) is 11.6. The molecule has 106 valence electrons. The molecule has 1 aromatic heterocycles. The molecule has 0 radical (unpaired) electrons. The maximum absolute atomic E-state index is 10.7. The van der Waals surface area contributed by atoms with Crippen molar-refractivity contribution in [3.8, 4) is 5.75 Å². The van der Waals surface area contributed by atoms with Crippen LogP contribution in [-0.2, 0) is 0 Å². The topological polar surface area (TPSA) is 54.4 Å². The number of aromatic nitrogens is 1. The van der Waals surface area contributed by atoms with Crippen molar-refractivity contribution in [1.82, 2.24) is 4.98 Å². The summed E-state index contributed by atoms with van der Waals surface area (Å²) in [6, 6.07) is 9.46. The fourth-order valence-corrected chi connectivity index (χ4v) is 3.48. The van der Waals surface area contributed by atoms with E-state index < -0.39 is 0 Å². The molecule has 1 aliphatic heterocycles. The third-order valence-electron chi connectivity index (χ3n) is 4.50. The molecule has 0 atom stereocenters. The zero-order valence-electron chi connectivity index (χ0n) is 11.6. The molecule has 2 heterocycles. The fourth-order valence-electron chi connectivity index (χ4n) is 3.48. The van der Waals surface area contributed by atoms with E-state index in [0.29, 0.717) is 5.69 Å². The molecule has 4 heteroatoms. The standard InChI is InChI=1S/C17H16N2O2/c20-19-13-6-5-12-10-14(15-4-3-9-18-15)17(7-1-2-8-17)21-16(12)11-13/h3-6,9-11,18H,1-2,7-8H2. The predicted molar refractivity (Wildman–Crippen MR) is 82.4 cm³/mol. The smallest absolute Gasteiger partial charge is 0.136 e. The number of hydrogen-bond acceptors (Lipinski definition) is 3. The van der Waals surface area contributed by atoms with E-state index in [-0.39, 0.29) is 5.60 Å². The molecule has 1 spiro atoms. The Morgan fingerprint density at radius 1 is 1.19 bits per heavy atom. The van der Waals surface area contributed by atoms with Crippen LogP contribution in [-0.4, -0.2) is 10.6 Å². The van der Waals surface area contributed by atoms with Gasteiger partial charge in [0.25, 0.3) is 0 Å². The minimum Gasteiger partial charge on any atom is -0.482 e. The van der Waals surface area contributed by atoms with Gasteiger partial charge in [0, 0.05) is 29.1 Å². The Morgan fingerprint density at radius 2 is 2.05 bits per heavy atom. The molecule has 0 bridgehead atoms. The molecule has 4 nitrogen and oxygen atoms in total. The molecular weight excluding hydrogens is 264 g/mol. The zero-order chi connectivity index (χ0) is 14.3. The molecule has 0 saturated heterocycles. The van der Waals surface area contributed by atoms with Crippen LogP contribution >= 0.6 is 0 Å². The van der Waals surface area contributed by atoms with Crippen LogP contribution in [0.2, 0.25) is 0 Å². The lowest BCUT2D eigenvalue weighted by atomic mass is 9.85. The van der Waals surface area contributed by atoms with Gasteiger partial charge in [-0.05, 0) is 61.2 Å². The normalized spacial score (nSPS) is 19.0. The maximum Gasteiger partial charge on any atom is 0.136 e. The lowest BCUT2D eigenvalue weighted by Gasteiger charge is -2.36. The van der Waals surface area contributed by atoms with Crippen molar-refractivity contribution in [2.75, 3.05) is 0 Å². The van der Waals surface area contributed by atoms with Gasteiger partial charge in [0.05, 0.1) is 0 Å². The minimum absolute atomic E-state index is 0.265. The molecule has 1 aromatic carbocycles. The molecule has 2 aromatic rings. The number of fused-ring (bicyclic) bond motifs is 1. The lowest BCUT2D eigenvalue weighted by Crippen LogP contribution is -2.36. The molecule has 0 unspecified atom stereocenters. The summed E-state index contributed by atoms with van der Waals surface area (Å²) in [6.07, 6.45) is 8.47. The first-order chi connectivity index (χ1) is 10.3. The quantitative estimate of drug-likeness (QED) is 0.813. The van der Waals surface area contributed by atoms with Crippen molar-refractivity contribution < 1.29 is 4.74 Å². The minimum atomic E-state index is -0.265. The number of H-pyrrole nitrogens is 1. The average Bonchev–Trinajstić information content (AvgIpc) is 3.18. The van der Waals surface area contributed by atoms with E-state index in [1.54, 1.807) is 12.1 Å². The number of rotatable bonds is 2. The summed E-state index contributed by atoms with van der Waals surface area (Å²) in [5.74, 6) is 0.768. The second kappa shape index (κ2) is 4.58. The van der Waals surface area contributed by atoms with E-state index in [0.717, 1.165) is 29.8 Å². The summed E-state index contributed by atoms with van der Waals surface area (Å²) in [6.45, 7) is 0. The highest BCUT2D eigenvalue weighted by atomic mass is 16.5. The van der Waals surface area contributed by atoms with Crippen molar-refractivity contribution in [3.63, 3.8) is 0 Å². The van der Waals surface area contributed by atoms with Crippen LogP contribution in [0.3, 0.4) is 0 Å². The molecule has 1 fully saturated rings. The first-order valence-corrected chi connectivity index (χ1v) is 7.33. The first-order valence-electron chi connectivity index (χ1n) is 7.33. The fraction of sp³-hybridized carbons (Fsp3) is 0.294. The third-order valence-corrected chi connectivity index (χ3v) is 4.50. The molecule has 1 saturated carbocycles. The largest absolute Gasteiger partial charge is 0.482 e. The summed E-state index contributed by atoms with van der Waals surface area (Å²) in [7, 11) is 0. The highest BCUT2D eigenvalue weighted by Gasteiger charge is 2.43. The van der Waals surface area contributed by atoms with E-state index in [1.807, 2.05) is 18.3 Å². The molecule has 1 aliphatic carbocycles. The Hall–Kier alpha value is -2.36. The van der Waals surface area contributed by atoms with Gasteiger partial charge in [0.1, 0.15) is 17.0 Å². The van der Waals surface area contributed by atoms with Gasteiger partial charge in [-0.25, -0.2) is 0 Å². The number of aromatic amines is 1. The molecule has 1 N–H and O–H groups in total. The Morgan fingerprint density at radius 3 is 2.76 bits per heavy atom. The van der Waals surface area contributed by atoms with Crippen LogP contribution in [0.4, 0.5) is 5.69 Å². The van der Waals surface area contributed by atoms with Crippen LogP contribution < -0.4 is 4.74 Å². The molecule has 0 amide bonds. The van der Waals surface area contributed by atoms with Gasteiger partial charge in [0.2, 0.25) is 0 Å². The Kier molecular flexibility index (Phi) is 2.70. The first kappa shape index (κ1) is 12.4. The van der Waals surface area contributed by atoms with Gasteiger partial charge in [-0.15, -0.1) is 4.91 Å². The van der Waals surface area contributed by atoms with E-state index >= 15 is 0 Å². The summed E-state index contributed by atoms with van der Waals surface area (Å²) in [5, 5.41) is 3.01. The van der Waals surface area contributed by atoms with Crippen molar-refractivity contribution >= 4 is 17.3 Å². The van der Waals surface area contributed by atoms with E-state index in [1.165, 1.54) is 18.4 Å². The number of nitroso groups, excluding NO2 is 1. The van der Waals surface area contributed by atoms with Gasteiger partial charge in [0.15, 0.2) is 0 Å². The van der Waals surface area contributed by atoms with Crippen molar-refractivity contribution in [3.05, 3.63) is 52.7 Å². The lowest BCUT2D eigenvalue weighted by molar-refractivity contribution is 0.136. The second-order valence-corrected chi connectivity index (χ2v) is 5.76. The van der Waals surface area contributed by atoms with Crippen LogP contribution in [0.25, 0.3) is 11.6 Å². The third kappa shape index (κ3) is 1.90. The summed E-state index contributed by atoms with van der Waals surface area (Å²) < 4.78 is 6.37. The van der Waals surface area contributed by atoms with Crippen LogP contribution in [0, 0.1) is 4.91 Å². The Balaban J connectivity index is 1.88. The number of nitrogens with zero attached hydrogens (tertiary/aromatic N) is 1. The van der Waals surface area contributed by atoms with Gasteiger partial charge in [-0.1, -0.05) is 0 Å². The van der Waals surface area contributed by atoms with Crippen LogP contribution in [0.1, 0.15) is 36.9 Å². The average molecular weight is 280 g/mol. The Labute approximate surface area is 122 Å². The van der Waals surface area contributed by atoms with Crippen molar-refractivity contribution in [2.45, 2.75) is 31.3 Å². The van der Waals surface area contributed by atoms with Crippen molar-refractivity contribution in [1.29, 1.82) is 0 Å². The summed E-state index contributed by atoms with van der Waals surface area (Å²) in [4.78, 5) is 14.0. The van der Waals surface area contributed by atoms with E-state index in [4.69, 9.17) is 4.74 Å². The molecular formula is C17H16N2O2. The van der Waals surface area contributed by atoms with Crippen LogP contribution in [0.15, 0.2) is 41.7 Å². The highest BCUT2D eigenvalue weighted by Crippen LogP contribution is 2.49. The van der Waals surface area contributed by atoms with Gasteiger partial charge in [-0.3, -0.25) is 0 Å². The monoisotopic (exact) mass is 280 g/mol. The SMILES string of the molecule is O=Nc1ccc2c(c1)OC1(CCCC1)C(c1ccc[nH]1)=C2. The van der Waals surface area contributed by atoms with Gasteiger partial charge >= 0.3 is 0 Å². The summed E-state index contributed by atoms with van der Waals surface area (Å²) >= 11 is 0. The maximum atomic E-state index is 10.7. The number of hydrogen-bond donors (Lipinski definition) is 1. The molecule has 4 rings (SSSR count). The number of nitrogens with one attached hydrogen (secondary N) is 1. The van der Waals surface area contributed by atoms with Crippen LogP contribution in [0.5, 0.6) is 5.75 Å². The summed E-state index contributed by atoms with van der Waals surface area (Å²) in [5.41, 5.74) is 3.48. The van der Waals surface area contributed by atoms with E-state index in [9.17, 15) is 4.91 Å². The molecule has 2 aliphatic rings. The number of benzene rings is 1. The van der Waals surface area contributed by atoms with Gasteiger partial charge < -0.3 is 9.72 Å². The Bertz CT molecular complexity index is 710. The second-order valence-electron chi connectivity index (χ2n) is 5.76. The van der Waals surface area contributed by atoms with E-state index in [2.05, 4.69) is 22.3 Å². The predicted octanol–water partition coefficient (Wildman–Crippen LogP) is 4.66. The number of ether oxygens (including phenoxy) is 1. The van der Waals surface area contributed by atoms with Crippen molar-refractivity contribution in [2.24, 2.45) is 5.18 Å². The highest BCUT2D eigenvalue weighted by molar-refractivity contribution is 5.89. The van der Waals surface area contributed by atoms with Gasteiger partial charge in [-0.2, -0.15) is 0 Å². The molecule has 21 heavy (non-hydrogen) atoms.